The van der Waals surface area contributed by atoms with Gasteiger partial charge in [-0.05, 0) is 52.6 Å². The van der Waals surface area contributed by atoms with Crippen LogP contribution in [0, 0.1) is 0 Å². The molecular formula is C41H37F3N2O14. The van der Waals surface area contributed by atoms with Gasteiger partial charge in [-0.1, -0.05) is 66.7 Å². The summed E-state index contributed by atoms with van der Waals surface area (Å²) < 4.78 is 73.0. The first-order chi connectivity index (χ1) is 28.5. The molecule has 16 nitrogen and oxygen atoms in total. The molecule has 4 aromatic carbocycles. The van der Waals surface area contributed by atoms with Gasteiger partial charge < -0.3 is 43.4 Å². The monoisotopic (exact) mass is 838 g/mol. The Morgan fingerprint density at radius 3 is 1.75 bits per heavy atom. The van der Waals surface area contributed by atoms with E-state index in [9.17, 15) is 46.7 Å². The fourth-order valence-electron chi connectivity index (χ4n) is 5.47. The van der Waals surface area contributed by atoms with Crippen molar-refractivity contribution in [2.75, 3.05) is 53.8 Å². The molecule has 0 bridgehead atoms. The molecule has 0 atom stereocenters. The summed E-state index contributed by atoms with van der Waals surface area (Å²) in [5.74, 6) is -5.14. The SMILES string of the molecule is COC(=O)OCOC(=O)C(COC(=O)Cc1ccc(NC(=O)c2ccccc2-c2ccc(C(F)(F)F)cc2)c(C(=O)N(C)C)c1)(C(=O)OCOC(=O)OC)c1ccccc1. The number of amides is 2. The number of benzene rings is 4. The van der Waals surface area contributed by atoms with Crippen LogP contribution >= 0.6 is 0 Å². The number of nitrogens with one attached hydrogen (secondary N) is 1. The lowest BCUT2D eigenvalue weighted by atomic mass is 9.81. The standard InChI is InChI=1S/C41H37F3N2O14/c1-46(2)35(49)31-20-25(14-19-32(31)45-34(48)30-13-9-8-12-29(30)26-15-17-28(18-16-26)41(42,43)44)21-33(47)56-22-40(27-10-6-5-7-11-27,36(50)57-23-59-38(52)54-3)37(51)58-24-60-39(53)55-4/h5-20H,21-24H2,1-4H3,(H,45,48). The minimum atomic E-state index is -4.56. The molecule has 0 aliphatic heterocycles. The topological polar surface area (TPSA) is 199 Å². The number of esters is 3. The summed E-state index contributed by atoms with van der Waals surface area (Å²) in [4.78, 5) is 91.9. The minimum absolute atomic E-state index is 0.0231. The summed E-state index contributed by atoms with van der Waals surface area (Å²) >= 11 is 0. The largest absolute Gasteiger partial charge is 0.510 e. The van der Waals surface area contributed by atoms with E-state index in [2.05, 4.69) is 24.3 Å². The van der Waals surface area contributed by atoms with E-state index in [1.807, 2.05) is 0 Å². The molecule has 0 radical (unpaired) electrons. The smallest absolute Gasteiger partial charge is 0.463 e. The van der Waals surface area contributed by atoms with Crippen molar-refractivity contribution in [3.05, 3.63) is 125 Å². The van der Waals surface area contributed by atoms with Crippen molar-refractivity contribution in [1.82, 2.24) is 4.90 Å². The predicted molar refractivity (Wildman–Crippen MR) is 201 cm³/mol. The van der Waals surface area contributed by atoms with Gasteiger partial charge in [0, 0.05) is 19.7 Å². The lowest BCUT2D eigenvalue weighted by molar-refractivity contribution is -0.179. The summed E-state index contributed by atoms with van der Waals surface area (Å²) in [5, 5.41) is 2.67. The maximum Gasteiger partial charge on any atom is 0.510 e. The summed E-state index contributed by atoms with van der Waals surface area (Å²) in [7, 11) is 4.88. The number of alkyl halides is 3. The third kappa shape index (κ3) is 11.4. The van der Waals surface area contributed by atoms with Crippen molar-refractivity contribution in [3.63, 3.8) is 0 Å². The van der Waals surface area contributed by atoms with Crippen LogP contribution in [0.15, 0.2) is 97.1 Å². The second-order valence-electron chi connectivity index (χ2n) is 12.6. The van der Waals surface area contributed by atoms with E-state index in [1.165, 1.54) is 79.7 Å². The second-order valence-corrected chi connectivity index (χ2v) is 12.6. The lowest BCUT2D eigenvalue weighted by Crippen LogP contribution is -2.50. The number of hydrogen-bond donors (Lipinski definition) is 1. The average molecular weight is 839 g/mol. The third-order valence-electron chi connectivity index (χ3n) is 8.49. The second kappa shape index (κ2) is 20.3. The molecule has 19 heteroatoms. The molecule has 316 valence electrons. The molecule has 0 heterocycles. The number of anilines is 1. The minimum Gasteiger partial charge on any atom is -0.463 e. The fraction of sp³-hybridized carbons (Fsp3) is 0.244. The maximum atomic E-state index is 13.7. The zero-order valence-electron chi connectivity index (χ0n) is 32.4. The molecule has 0 saturated heterocycles. The highest BCUT2D eigenvalue weighted by Gasteiger charge is 2.53. The molecule has 0 unspecified atom stereocenters. The number of rotatable bonds is 15. The molecule has 60 heavy (non-hydrogen) atoms. The third-order valence-corrected chi connectivity index (χ3v) is 8.49. The van der Waals surface area contributed by atoms with Gasteiger partial charge in [0.05, 0.1) is 37.5 Å². The zero-order valence-corrected chi connectivity index (χ0v) is 32.4. The first-order valence-electron chi connectivity index (χ1n) is 17.4. The van der Waals surface area contributed by atoms with E-state index in [0.29, 0.717) is 11.1 Å². The van der Waals surface area contributed by atoms with E-state index in [4.69, 9.17) is 14.2 Å². The summed E-state index contributed by atoms with van der Waals surface area (Å²) in [6.07, 6.45) is -7.57. The predicted octanol–water partition coefficient (Wildman–Crippen LogP) is 5.92. The molecule has 4 rings (SSSR count). The van der Waals surface area contributed by atoms with Crippen LogP contribution < -0.4 is 5.32 Å². The van der Waals surface area contributed by atoms with Gasteiger partial charge in [0.2, 0.25) is 19.0 Å². The number of halogens is 3. The Labute approximate surface area is 340 Å². The highest BCUT2D eigenvalue weighted by Crippen LogP contribution is 2.33. The molecular weight excluding hydrogens is 801 g/mol. The van der Waals surface area contributed by atoms with Crippen LogP contribution in [-0.2, 0) is 65.6 Å². The summed E-state index contributed by atoms with van der Waals surface area (Å²) in [6, 6.07) is 21.5. The van der Waals surface area contributed by atoms with Crippen molar-refractivity contribution in [2.45, 2.75) is 18.0 Å². The van der Waals surface area contributed by atoms with Gasteiger partial charge >= 0.3 is 36.4 Å². The molecule has 0 saturated carbocycles. The highest BCUT2D eigenvalue weighted by atomic mass is 19.4. The van der Waals surface area contributed by atoms with Gasteiger partial charge in [-0.25, -0.2) is 9.59 Å². The Morgan fingerprint density at radius 2 is 1.20 bits per heavy atom. The zero-order chi connectivity index (χ0) is 44.0. The Balaban J connectivity index is 1.61. The van der Waals surface area contributed by atoms with Crippen molar-refractivity contribution in [3.8, 4) is 11.1 Å². The van der Waals surface area contributed by atoms with E-state index in [1.54, 1.807) is 24.3 Å². The van der Waals surface area contributed by atoms with E-state index in [0.717, 1.165) is 26.4 Å². The van der Waals surface area contributed by atoms with Crippen LogP contribution in [0.3, 0.4) is 0 Å². The van der Waals surface area contributed by atoms with Crippen LogP contribution in [0.25, 0.3) is 11.1 Å². The molecule has 0 fully saturated rings. The van der Waals surface area contributed by atoms with Gasteiger partial charge in [0.25, 0.3) is 11.8 Å². The summed E-state index contributed by atoms with van der Waals surface area (Å²) in [6.45, 7) is -3.13. The van der Waals surface area contributed by atoms with Crippen LogP contribution in [0.1, 0.15) is 37.4 Å². The number of nitrogens with zero attached hydrogens (tertiary/aromatic N) is 1. The van der Waals surface area contributed by atoms with Crippen LogP contribution in [0.4, 0.5) is 28.4 Å². The first-order valence-corrected chi connectivity index (χ1v) is 17.4. The van der Waals surface area contributed by atoms with E-state index < -0.39 is 85.8 Å². The number of methoxy groups -OCH3 is 2. The Morgan fingerprint density at radius 1 is 0.633 bits per heavy atom. The van der Waals surface area contributed by atoms with Crippen molar-refractivity contribution >= 4 is 47.7 Å². The van der Waals surface area contributed by atoms with Gasteiger partial charge in [-0.2, -0.15) is 13.2 Å². The lowest BCUT2D eigenvalue weighted by Gasteiger charge is -2.29. The van der Waals surface area contributed by atoms with Crippen LogP contribution in [-0.4, -0.2) is 95.4 Å². The van der Waals surface area contributed by atoms with Crippen molar-refractivity contribution in [2.24, 2.45) is 0 Å². The molecule has 1 N–H and O–H groups in total. The number of hydrogen-bond acceptors (Lipinski definition) is 14. The van der Waals surface area contributed by atoms with Crippen LogP contribution in [0.5, 0.6) is 0 Å². The van der Waals surface area contributed by atoms with Crippen LogP contribution in [0.2, 0.25) is 0 Å². The molecule has 4 aromatic rings. The van der Waals surface area contributed by atoms with Crippen molar-refractivity contribution in [1.29, 1.82) is 0 Å². The molecule has 0 aliphatic rings. The Hall–Kier alpha value is -7.44. The van der Waals surface area contributed by atoms with E-state index >= 15 is 0 Å². The Bertz CT molecular complexity index is 2180. The molecule has 0 aromatic heterocycles. The average Bonchev–Trinajstić information content (AvgIpc) is 3.24. The normalized spacial score (nSPS) is 11.0. The van der Waals surface area contributed by atoms with Gasteiger partial charge in [-0.15, -0.1) is 0 Å². The quantitative estimate of drug-likeness (QED) is 0.0641. The molecule has 0 spiro atoms. The number of ether oxygens (including phenoxy) is 7. The molecule has 0 aliphatic carbocycles. The van der Waals surface area contributed by atoms with Gasteiger partial charge in [0.15, 0.2) is 0 Å². The maximum absolute atomic E-state index is 13.7. The molecule has 2 amide bonds. The first kappa shape index (κ1) is 45.3. The van der Waals surface area contributed by atoms with Gasteiger partial charge in [0.1, 0.15) is 6.61 Å². The number of carbonyl (C=O) groups excluding carboxylic acids is 7. The highest BCUT2D eigenvalue weighted by molar-refractivity contribution is 6.12. The summed E-state index contributed by atoms with van der Waals surface area (Å²) in [5.41, 5.74) is -2.70. The van der Waals surface area contributed by atoms with Crippen molar-refractivity contribution < 1.29 is 79.9 Å². The van der Waals surface area contributed by atoms with E-state index in [-0.39, 0.29) is 27.9 Å². The Kier molecular flexibility index (Phi) is 15.3. The number of carbonyl (C=O) groups is 7. The van der Waals surface area contributed by atoms with Gasteiger partial charge in [-0.3, -0.25) is 24.0 Å². The fourth-order valence-corrected chi connectivity index (χ4v) is 5.47.